The molecule has 1 aliphatic rings. The van der Waals surface area contributed by atoms with Crippen molar-refractivity contribution in [1.29, 1.82) is 0 Å². The summed E-state index contributed by atoms with van der Waals surface area (Å²) in [4.78, 5) is 11.6. The average Bonchev–Trinajstić information content (AvgIpc) is 2.27. The van der Waals surface area contributed by atoms with Crippen molar-refractivity contribution in [1.82, 2.24) is 10.6 Å². The van der Waals surface area contributed by atoms with Crippen LogP contribution in [0.5, 0.6) is 0 Å². The molecule has 0 bridgehead atoms. The molecule has 0 aromatic heterocycles. The second-order valence-electron chi connectivity index (χ2n) is 4.60. The van der Waals surface area contributed by atoms with E-state index in [9.17, 15) is 4.79 Å². The number of hydrogen-bond acceptors (Lipinski definition) is 4. The lowest BCUT2D eigenvalue weighted by Gasteiger charge is -2.31. The zero-order valence-electron chi connectivity index (χ0n) is 11.0. The molecule has 0 aromatic rings. The number of carbonyl (C=O) groups excluding carboxylic acids is 1. The van der Waals surface area contributed by atoms with Gasteiger partial charge in [0.1, 0.15) is 0 Å². The molecule has 0 saturated carbocycles. The summed E-state index contributed by atoms with van der Waals surface area (Å²) < 4.78 is 5.48. The molecule has 0 spiro atoms. The Bertz CT molecular complexity index is 235. The zero-order valence-corrected chi connectivity index (χ0v) is 11.8. The van der Waals surface area contributed by atoms with Gasteiger partial charge in [-0.05, 0) is 26.8 Å². The van der Waals surface area contributed by atoms with Crippen molar-refractivity contribution in [2.75, 3.05) is 25.5 Å². The van der Waals surface area contributed by atoms with Crippen LogP contribution in [0.25, 0.3) is 0 Å². The molecule has 1 fully saturated rings. The van der Waals surface area contributed by atoms with E-state index in [0.717, 1.165) is 26.2 Å². The minimum absolute atomic E-state index is 0.117. The van der Waals surface area contributed by atoms with Crippen LogP contribution in [0, 0.1) is 0 Å². The summed E-state index contributed by atoms with van der Waals surface area (Å²) in [7, 11) is 0. The van der Waals surface area contributed by atoms with E-state index in [1.54, 1.807) is 11.8 Å². The summed E-state index contributed by atoms with van der Waals surface area (Å²) >= 11 is 1.70. The van der Waals surface area contributed by atoms with Gasteiger partial charge in [-0.15, -0.1) is 11.8 Å². The Hall–Kier alpha value is -0.260. The van der Waals surface area contributed by atoms with Crippen LogP contribution >= 0.6 is 11.8 Å². The van der Waals surface area contributed by atoms with E-state index < -0.39 is 0 Å². The molecule has 2 atom stereocenters. The fourth-order valence-electron chi connectivity index (χ4n) is 1.92. The summed E-state index contributed by atoms with van der Waals surface area (Å²) in [6, 6.07) is 0.695. The molecule has 100 valence electrons. The van der Waals surface area contributed by atoms with E-state index in [2.05, 4.69) is 17.6 Å². The van der Waals surface area contributed by atoms with Crippen LogP contribution in [-0.2, 0) is 9.53 Å². The van der Waals surface area contributed by atoms with E-state index in [0.29, 0.717) is 17.0 Å². The van der Waals surface area contributed by atoms with Crippen LogP contribution in [0.15, 0.2) is 0 Å². The van der Waals surface area contributed by atoms with Crippen LogP contribution in [-0.4, -0.2) is 48.8 Å². The highest BCUT2D eigenvalue weighted by Crippen LogP contribution is 2.21. The first-order chi connectivity index (χ1) is 8.13. The van der Waals surface area contributed by atoms with Crippen molar-refractivity contribution in [3.05, 3.63) is 0 Å². The molecule has 5 heteroatoms. The molecule has 0 radical (unpaired) electrons. The minimum atomic E-state index is 0.117. The molecule has 2 unspecified atom stereocenters. The van der Waals surface area contributed by atoms with Crippen LogP contribution in [0.1, 0.15) is 27.2 Å². The monoisotopic (exact) mass is 260 g/mol. The predicted octanol–water partition coefficient (Wildman–Crippen LogP) is 1.01. The highest BCUT2D eigenvalue weighted by Gasteiger charge is 2.25. The topological polar surface area (TPSA) is 50.4 Å². The summed E-state index contributed by atoms with van der Waals surface area (Å²) in [6.07, 6.45) is 1.04. The number of carbonyl (C=O) groups is 1. The molecule has 1 saturated heterocycles. The number of ether oxygens (including phenoxy) is 1. The van der Waals surface area contributed by atoms with Crippen LogP contribution < -0.4 is 10.6 Å². The SMILES string of the molecule is CCNC1CCOCC1SCC(=O)NC(C)C. The van der Waals surface area contributed by atoms with E-state index in [1.165, 1.54) is 0 Å². The summed E-state index contributed by atoms with van der Waals surface area (Å²) in [5.74, 6) is 0.638. The van der Waals surface area contributed by atoms with Crippen molar-refractivity contribution >= 4 is 17.7 Å². The minimum Gasteiger partial charge on any atom is -0.380 e. The Morgan fingerprint density at radius 1 is 1.53 bits per heavy atom. The third-order valence-corrected chi connectivity index (χ3v) is 3.97. The molecule has 0 aromatic carbocycles. The van der Waals surface area contributed by atoms with Gasteiger partial charge in [0.05, 0.1) is 12.4 Å². The predicted molar refractivity (Wildman–Crippen MR) is 72.4 cm³/mol. The first-order valence-electron chi connectivity index (χ1n) is 6.35. The zero-order chi connectivity index (χ0) is 12.7. The van der Waals surface area contributed by atoms with Gasteiger partial charge in [0.2, 0.25) is 5.91 Å². The van der Waals surface area contributed by atoms with E-state index in [4.69, 9.17) is 4.74 Å². The van der Waals surface area contributed by atoms with Gasteiger partial charge in [0.15, 0.2) is 0 Å². The number of rotatable bonds is 6. The second-order valence-corrected chi connectivity index (χ2v) is 5.83. The quantitative estimate of drug-likeness (QED) is 0.748. The highest BCUT2D eigenvalue weighted by molar-refractivity contribution is 8.00. The largest absolute Gasteiger partial charge is 0.380 e. The third kappa shape index (κ3) is 5.75. The molecule has 1 heterocycles. The standard InChI is InChI=1S/C12H24N2O2S/c1-4-13-10-5-6-16-7-11(10)17-8-12(15)14-9(2)3/h9-11,13H,4-8H2,1-3H3,(H,14,15). The van der Waals surface area contributed by atoms with Crippen LogP contribution in [0.2, 0.25) is 0 Å². The molecular formula is C12H24N2O2S. The lowest BCUT2D eigenvalue weighted by atomic mass is 10.1. The lowest BCUT2D eigenvalue weighted by Crippen LogP contribution is -2.45. The molecule has 17 heavy (non-hydrogen) atoms. The molecule has 1 amide bonds. The van der Waals surface area contributed by atoms with Gasteiger partial charge in [-0.2, -0.15) is 0 Å². The number of thioether (sulfide) groups is 1. The van der Waals surface area contributed by atoms with Crippen LogP contribution in [0.4, 0.5) is 0 Å². The maximum atomic E-state index is 11.6. The number of hydrogen-bond donors (Lipinski definition) is 2. The van der Waals surface area contributed by atoms with Crippen molar-refractivity contribution in [2.24, 2.45) is 0 Å². The molecule has 1 aliphatic heterocycles. The first-order valence-corrected chi connectivity index (χ1v) is 7.40. The van der Waals surface area contributed by atoms with E-state index in [-0.39, 0.29) is 11.9 Å². The fraction of sp³-hybridized carbons (Fsp3) is 0.917. The Morgan fingerprint density at radius 3 is 2.94 bits per heavy atom. The lowest BCUT2D eigenvalue weighted by molar-refractivity contribution is -0.119. The van der Waals surface area contributed by atoms with Gasteiger partial charge >= 0.3 is 0 Å². The van der Waals surface area contributed by atoms with Gasteiger partial charge in [-0.1, -0.05) is 6.92 Å². The molecule has 1 rings (SSSR count). The molecule has 0 aliphatic carbocycles. The number of nitrogens with one attached hydrogen (secondary N) is 2. The molecule has 4 nitrogen and oxygen atoms in total. The van der Waals surface area contributed by atoms with Gasteiger partial charge < -0.3 is 15.4 Å². The summed E-state index contributed by atoms with van der Waals surface area (Å²) in [5.41, 5.74) is 0. The third-order valence-electron chi connectivity index (χ3n) is 2.65. The maximum Gasteiger partial charge on any atom is 0.230 e. The smallest absolute Gasteiger partial charge is 0.230 e. The molecule has 2 N–H and O–H groups in total. The maximum absolute atomic E-state index is 11.6. The van der Waals surface area contributed by atoms with Crippen molar-refractivity contribution in [3.8, 4) is 0 Å². The Labute approximate surface area is 108 Å². The fourth-order valence-corrected chi connectivity index (χ4v) is 3.02. The first kappa shape index (κ1) is 14.8. The van der Waals surface area contributed by atoms with Gasteiger partial charge in [-0.25, -0.2) is 0 Å². The highest BCUT2D eigenvalue weighted by atomic mass is 32.2. The van der Waals surface area contributed by atoms with E-state index in [1.807, 2.05) is 13.8 Å². The van der Waals surface area contributed by atoms with E-state index >= 15 is 0 Å². The van der Waals surface area contributed by atoms with Crippen molar-refractivity contribution in [2.45, 2.75) is 44.5 Å². The summed E-state index contributed by atoms with van der Waals surface area (Å²) in [5, 5.41) is 6.77. The van der Waals surface area contributed by atoms with Gasteiger partial charge in [0, 0.05) is 23.9 Å². The number of amides is 1. The normalized spacial score (nSPS) is 24.9. The Kier molecular flexibility index (Phi) is 6.92. The van der Waals surface area contributed by atoms with Crippen molar-refractivity contribution < 1.29 is 9.53 Å². The average molecular weight is 260 g/mol. The molecular weight excluding hydrogens is 236 g/mol. The van der Waals surface area contributed by atoms with Gasteiger partial charge in [0.25, 0.3) is 0 Å². The Balaban J connectivity index is 2.30. The van der Waals surface area contributed by atoms with Crippen LogP contribution in [0.3, 0.4) is 0 Å². The van der Waals surface area contributed by atoms with Gasteiger partial charge in [-0.3, -0.25) is 4.79 Å². The second kappa shape index (κ2) is 7.95. The van der Waals surface area contributed by atoms with Crippen molar-refractivity contribution in [3.63, 3.8) is 0 Å². The Morgan fingerprint density at radius 2 is 2.29 bits per heavy atom. The summed E-state index contributed by atoms with van der Waals surface area (Å²) in [6.45, 7) is 8.62.